The van der Waals surface area contributed by atoms with Gasteiger partial charge in [0.1, 0.15) is 0 Å². The predicted octanol–water partition coefficient (Wildman–Crippen LogP) is 4.99. The number of carbonyl (C=O) groups excluding carboxylic acids is 1. The number of carbonyl (C=O) groups is 1. The Labute approximate surface area is 161 Å². The minimum absolute atomic E-state index is 0.199. The van der Waals surface area contributed by atoms with Crippen LogP contribution in [0, 0.1) is 11.8 Å². The van der Waals surface area contributed by atoms with Crippen molar-refractivity contribution in [2.75, 3.05) is 19.6 Å². The highest BCUT2D eigenvalue weighted by Gasteiger charge is 2.25. The van der Waals surface area contributed by atoms with Gasteiger partial charge in [0.15, 0.2) is 0 Å². The van der Waals surface area contributed by atoms with Gasteiger partial charge in [-0.1, -0.05) is 61.2 Å². The van der Waals surface area contributed by atoms with Crippen LogP contribution in [-0.2, 0) is 11.3 Å². The van der Waals surface area contributed by atoms with E-state index in [1.165, 1.54) is 24.8 Å². The molecule has 1 aromatic carbocycles. The van der Waals surface area contributed by atoms with Gasteiger partial charge >= 0.3 is 0 Å². The van der Waals surface area contributed by atoms with Crippen LogP contribution in [0.1, 0.15) is 57.9 Å². The highest BCUT2D eigenvalue weighted by molar-refractivity contribution is 9.10. The van der Waals surface area contributed by atoms with Crippen molar-refractivity contribution in [2.45, 2.75) is 58.9 Å². The Kier molecular flexibility index (Phi) is 8.97. The van der Waals surface area contributed by atoms with E-state index in [0.717, 1.165) is 49.9 Å². The van der Waals surface area contributed by atoms with Gasteiger partial charge in [0.25, 0.3) is 0 Å². The van der Waals surface area contributed by atoms with Crippen LogP contribution in [0.2, 0.25) is 0 Å². The van der Waals surface area contributed by atoms with Gasteiger partial charge in [-0.15, -0.1) is 0 Å². The summed E-state index contributed by atoms with van der Waals surface area (Å²) >= 11 is 3.48. The Morgan fingerprint density at radius 3 is 2.52 bits per heavy atom. The van der Waals surface area contributed by atoms with Crippen molar-refractivity contribution in [1.29, 1.82) is 0 Å². The number of halogens is 1. The normalized spacial score (nSPS) is 17.4. The van der Waals surface area contributed by atoms with Crippen molar-refractivity contribution in [1.82, 2.24) is 10.2 Å². The minimum Gasteiger partial charge on any atom is -0.356 e. The first-order chi connectivity index (χ1) is 12.1. The third kappa shape index (κ3) is 7.10. The zero-order valence-electron chi connectivity index (χ0n) is 15.8. The molecule has 0 saturated carbocycles. The maximum Gasteiger partial charge on any atom is 0.223 e. The SMILES string of the molecule is CCCC[C@H](CC)CNC(=O)C1CCN(Cc2ccc(Br)cc2)CC1. The molecule has 25 heavy (non-hydrogen) atoms. The molecule has 1 aliphatic heterocycles. The van der Waals surface area contributed by atoms with Crippen molar-refractivity contribution < 1.29 is 4.79 Å². The summed E-state index contributed by atoms with van der Waals surface area (Å²) in [6.45, 7) is 8.33. The van der Waals surface area contributed by atoms with Crippen LogP contribution in [-0.4, -0.2) is 30.4 Å². The molecular weight excluding hydrogens is 376 g/mol. The number of nitrogens with zero attached hydrogens (tertiary/aromatic N) is 1. The number of amides is 1. The van der Waals surface area contributed by atoms with Crippen molar-refractivity contribution in [2.24, 2.45) is 11.8 Å². The average Bonchev–Trinajstić information content (AvgIpc) is 2.64. The van der Waals surface area contributed by atoms with Crippen LogP contribution in [0.4, 0.5) is 0 Å². The zero-order valence-corrected chi connectivity index (χ0v) is 17.4. The summed E-state index contributed by atoms with van der Waals surface area (Å²) in [6.07, 6.45) is 6.86. The van der Waals surface area contributed by atoms with E-state index in [-0.39, 0.29) is 11.8 Å². The second-order valence-corrected chi connectivity index (χ2v) is 8.25. The van der Waals surface area contributed by atoms with Gasteiger partial charge in [-0.05, 0) is 56.0 Å². The Morgan fingerprint density at radius 1 is 1.24 bits per heavy atom. The molecule has 140 valence electrons. The molecule has 1 aromatic rings. The molecule has 1 aliphatic rings. The zero-order chi connectivity index (χ0) is 18.1. The van der Waals surface area contributed by atoms with E-state index < -0.39 is 0 Å². The minimum atomic E-state index is 0.199. The molecular formula is C21H33BrN2O. The lowest BCUT2D eigenvalue weighted by Crippen LogP contribution is -2.41. The van der Waals surface area contributed by atoms with Gasteiger partial charge in [0.05, 0.1) is 0 Å². The highest BCUT2D eigenvalue weighted by Crippen LogP contribution is 2.20. The molecule has 4 heteroatoms. The Balaban J connectivity index is 1.69. The molecule has 1 heterocycles. The predicted molar refractivity (Wildman–Crippen MR) is 108 cm³/mol. The molecule has 1 amide bonds. The number of hydrogen-bond donors (Lipinski definition) is 1. The summed E-state index contributed by atoms with van der Waals surface area (Å²) in [6, 6.07) is 8.53. The number of likely N-dealkylation sites (tertiary alicyclic amines) is 1. The number of rotatable bonds is 9. The summed E-state index contributed by atoms with van der Waals surface area (Å²) in [5, 5.41) is 3.22. The number of piperidine rings is 1. The average molecular weight is 409 g/mol. The van der Waals surface area contributed by atoms with Crippen molar-refractivity contribution >= 4 is 21.8 Å². The number of hydrogen-bond acceptors (Lipinski definition) is 2. The van der Waals surface area contributed by atoms with E-state index in [9.17, 15) is 4.79 Å². The van der Waals surface area contributed by atoms with Gasteiger partial charge in [0, 0.05) is 23.5 Å². The van der Waals surface area contributed by atoms with Gasteiger partial charge in [-0.3, -0.25) is 9.69 Å². The highest BCUT2D eigenvalue weighted by atomic mass is 79.9. The van der Waals surface area contributed by atoms with E-state index in [2.05, 4.69) is 64.3 Å². The lowest BCUT2D eigenvalue weighted by molar-refractivity contribution is -0.126. The molecule has 0 aromatic heterocycles. The van der Waals surface area contributed by atoms with Gasteiger partial charge in [-0.2, -0.15) is 0 Å². The van der Waals surface area contributed by atoms with Crippen LogP contribution < -0.4 is 5.32 Å². The van der Waals surface area contributed by atoms with E-state index in [4.69, 9.17) is 0 Å². The molecule has 1 saturated heterocycles. The molecule has 0 aliphatic carbocycles. The fourth-order valence-corrected chi connectivity index (χ4v) is 3.80. The fourth-order valence-electron chi connectivity index (χ4n) is 3.53. The van der Waals surface area contributed by atoms with Crippen LogP contribution in [0.25, 0.3) is 0 Å². The molecule has 3 nitrogen and oxygen atoms in total. The first kappa shape index (κ1) is 20.4. The number of unbranched alkanes of at least 4 members (excludes halogenated alkanes) is 1. The summed E-state index contributed by atoms with van der Waals surface area (Å²) < 4.78 is 1.12. The topological polar surface area (TPSA) is 32.3 Å². The van der Waals surface area contributed by atoms with E-state index in [1.54, 1.807) is 0 Å². The maximum absolute atomic E-state index is 12.5. The van der Waals surface area contributed by atoms with E-state index in [0.29, 0.717) is 5.92 Å². The molecule has 0 bridgehead atoms. The van der Waals surface area contributed by atoms with Crippen molar-refractivity contribution in [3.05, 3.63) is 34.3 Å². The quantitative estimate of drug-likeness (QED) is 0.623. The third-order valence-electron chi connectivity index (χ3n) is 5.39. The Bertz CT molecular complexity index is 509. The van der Waals surface area contributed by atoms with Crippen LogP contribution in [0.5, 0.6) is 0 Å². The van der Waals surface area contributed by atoms with Gasteiger partial charge in [0.2, 0.25) is 5.91 Å². The lowest BCUT2D eigenvalue weighted by atomic mass is 9.94. The van der Waals surface area contributed by atoms with Crippen LogP contribution in [0.3, 0.4) is 0 Å². The second kappa shape index (κ2) is 11.0. The first-order valence-corrected chi connectivity index (χ1v) is 10.7. The Morgan fingerprint density at radius 2 is 1.92 bits per heavy atom. The van der Waals surface area contributed by atoms with E-state index in [1.807, 2.05) is 0 Å². The summed E-state index contributed by atoms with van der Waals surface area (Å²) in [7, 11) is 0. The summed E-state index contributed by atoms with van der Waals surface area (Å²) in [4.78, 5) is 14.9. The maximum atomic E-state index is 12.5. The molecule has 2 rings (SSSR count). The monoisotopic (exact) mass is 408 g/mol. The smallest absolute Gasteiger partial charge is 0.223 e. The van der Waals surface area contributed by atoms with Gasteiger partial charge < -0.3 is 5.32 Å². The first-order valence-electron chi connectivity index (χ1n) is 9.86. The largest absolute Gasteiger partial charge is 0.356 e. The second-order valence-electron chi connectivity index (χ2n) is 7.34. The number of nitrogens with one attached hydrogen (secondary N) is 1. The lowest BCUT2D eigenvalue weighted by Gasteiger charge is -2.31. The fraction of sp³-hybridized carbons (Fsp3) is 0.667. The summed E-state index contributed by atoms with van der Waals surface area (Å²) in [5.74, 6) is 1.12. The molecule has 1 fully saturated rings. The van der Waals surface area contributed by atoms with Crippen LogP contribution >= 0.6 is 15.9 Å². The van der Waals surface area contributed by atoms with Crippen LogP contribution in [0.15, 0.2) is 28.7 Å². The van der Waals surface area contributed by atoms with E-state index >= 15 is 0 Å². The molecule has 0 unspecified atom stereocenters. The summed E-state index contributed by atoms with van der Waals surface area (Å²) in [5.41, 5.74) is 1.34. The molecule has 0 spiro atoms. The number of benzene rings is 1. The van der Waals surface area contributed by atoms with Gasteiger partial charge in [-0.25, -0.2) is 0 Å². The molecule has 1 atom stereocenters. The molecule has 1 N–H and O–H groups in total. The Hall–Kier alpha value is -0.870. The van der Waals surface area contributed by atoms with Crippen molar-refractivity contribution in [3.8, 4) is 0 Å². The molecule has 0 radical (unpaired) electrons. The standard InChI is InChI=1S/C21H33BrN2O/c1-3-5-6-17(4-2)15-23-21(25)19-11-13-24(14-12-19)16-18-7-9-20(22)10-8-18/h7-10,17,19H,3-6,11-16H2,1-2H3,(H,23,25)/t17-/m0/s1. The third-order valence-corrected chi connectivity index (χ3v) is 5.91. The van der Waals surface area contributed by atoms with Crippen molar-refractivity contribution in [3.63, 3.8) is 0 Å².